The number of benzene rings is 1. The van der Waals surface area contributed by atoms with Crippen LogP contribution in [0.4, 0.5) is 0 Å². The van der Waals surface area contributed by atoms with Gasteiger partial charge in [-0.2, -0.15) is 0 Å². The van der Waals surface area contributed by atoms with Gasteiger partial charge in [0.25, 0.3) is 0 Å². The first-order chi connectivity index (χ1) is 18.9. The van der Waals surface area contributed by atoms with Crippen LogP contribution in [0, 0.1) is 11.8 Å². The Labute approximate surface area is 225 Å². The van der Waals surface area contributed by atoms with Gasteiger partial charge in [-0.25, -0.2) is 0 Å². The number of fused-ring (bicyclic) bond motifs is 5. The number of para-hydroxylation sites is 1. The Hall–Kier alpha value is -3.78. The van der Waals surface area contributed by atoms with Crippen LogP contribution in [-0.4, -0.2) is 15.5 Å². The van der Waals surface area contributed by atoms with Gasteiger partial charge in [0.05, 0.1) is 12.1 Å². The van der Waals surface area contributed by atoms with Gasteiger partial charge in [0.2, 0.25) is 0 Å². The molecule has 2 heterocycles. The van der Waals surface area contributed by atoms with E-state index in [9.17, 15) is 0 Å². The largest absolute Gasteiger partial charge is 0.337 e. The fourth-order valence-corrected chi connectivity index (χ4v) is 7.64. The molecule has 0 radical (unpaired) electrons. The molecule has 1 aliphatic heterocycles. The maximum Gasteiger partial charge on any atom is 0.0626 e. The van der Waals surface area contributed by atoms with Crippen LogP contribution >= 0.6 is 0 Å². The first-order valence-corrected chi connectivity index (χ1v) is 14.5. The molecule has 4 unspecified atom stereocenters. The fourth-order valence-electron chi connectivity index (χ4n) is 7.64. The Morgan fingerprint density at radius 1 is 0.763 bits per heavy atom. The van der Waals surface area contributed by atoms with Crippen molar-refractivity contribution in [1.29, 1.82) is 0 Å². The SMILES string of the molecule is C1=CC2C3=C(C=CCC3)N(C3=CC(C4=CC(n5c6c(c7ccccc75)C=CCC6)CC=C4)CC=C3)C2C=C1. The van der Waals surface area contributed by atoms with Crippen molar-refractivity contribution in [3.8, 4) is 0 Å². The minimum Gasteiger partial charge on any atom is -0.337 e. The van der Waals surface area contributed by atoms with Crippen LogP contribution in [0.3, 0.4) is 0 Å². The lowest BCUT2D eigenvalue weighted by Crippen LogP contribution is -2.32. The molecular weight excluding hydrogens is 460 g/mol. The summed E-state index contributed by atoms with van der Waals surface area (Å²) in [5.41, 5.74) is 10.2. The summed E-state index contributed by atoms with van der Waals surface area (Å²) in [5, 5.41) is 1.40. The van der Waals surface area contributed by atoms with E-state index in [1.54, 1.807) is 5.57 Å². The molecule has 0 amide bonds. The average molecular weight is 495 g/mol. The highest BCUT2D eigenvalue weighted by Gasteiger charge is 2.39. The van der Waals surface area contributed by atoms with Crippen molar-refractivity contribution in [2.75, 3.05) is 0 Å². The molecule has 0 spiro atoms. The number of hydrogen-bond donors (Lipinski definition) is 0. The number of hydrogen-bond acceptors (Lipinski definition) is 1. The van der Waals surface area contributed by atoms with Crippen molar-refractivity contribution < 1.29 is 0 Å². The maximum atomic E-state index is 2.65. The first-order valence-electron chi connectivity index (χ1n) is 14.5. The van der Waals surface area contributed by atoms with E-state index in [1.165, 1.54) is 45.5 Å². The van der Waals surface area contributed by atoms with Gasteiger partial charge in [0.1, 0.15) is 0 Å². The Kier molecular flexibility index (Phi) is 5.21. The first kappa shape index (κ1) is 22.2. The van der Waals surface area contributed by atoms with Crippen LogP contribution in [-0.2, 0) is 6.42 Å². The summed E-state index contributed by atoms with van der Waals surface area (Å²) in [6.07, 6.45) is 40.1. The Morgan fingerprint density at radius 3 is 2.63 bits per heavy atom. The van der Waals surface area contributed by atoms with Crippen molar-refractivity contribution in [3.05, 3.63) is 137 Å². The zero-order valence-electron chi connectivity index (χ0n) is 21.8. The van der Waals surface area contributed by atoms with E-state index >= 15 is 0 Å². The smallest absolute Gasteiger partial charge is 0.0626 e. The second kappa shape index (κ2) is 8.91. The fraction of sp³-hybridized carbons (Fsp3) is 0.278. The van der Waals surface area contributed by atoms with E-state index in [4.69, 9.17) is 0 Å². The highest BCUT2D eigenvalue weighted by Crippen LogP contribution is 2.46. The topological polar surface area (TPSA) is 8.17 Å². The average Bonchev–Trinajstić information content (AvgIpc) is 3.51. The number of nitrogens with zero attached hydrogens (tertiary/aromatic N) is 2. The van der Waals surface area contributed by atoms with Crippen molar-refractivity contribution in [2.24, 2.45) is 11.8 Å². The Bertz CT molecular complexity index is 1590. The normalized spacial score (nSPS) is 29.0. The third-order valence-corrected chi connectivity index (χ3v) is 9.30. The molecule has 0 saturated heterocycles. The standard InChI is InChI=1S/C36H34N2/c1-5-19-33-29(15-1)30-16-2-6-20-34(30)37(33)27-13-9-11-25(23-27)26-12-10-14-28(24-26)38-35-21-7-3-17-31(35)32-18-4-8-22-36(32)38/h1-3,5,7-11,14-17,19,21-24,26-27,31,35H,4,6,12-13,18,20H2. The van der Waals surface area contributed by atoms with E-state index in [0.717, 1.165) is 32.1 Å². The molecule has 38 heavy (non-hydrogen) atoms. The van der Waals surface area contributed by atoms with Gasteiger partial charge >= 0.3 is 0 Å². The monoisotopic (exact) mass is 494 g/mol. The molecule has 0 saturated carbocycles. The summed E-state index contributed by atoms with van der Waals surface area (Å²) in [6, 6.07) is 9.76. The third-order valence-electron chi connectivity index (χ3n) is 9.30. The summed E-state index contributed by atoms with van der Waals surface area (Å²) in [5.74, 6) is 0.917. The second-order valence-electron chi connectivity index (χ2n) is 11.4. The van der Waals surface area contributed by atoms with Crippen molar-refractivity contribution >= 4 is 17.0 Å². The number of rotatable bonds is 3. The number of allylic oxidation sites excluding steroid dienone is 12. The van der Waals surface area contributed by atoms with Crippen LogP contribution in [0.15, 0.2) is 126 Å². The van der Waals surface area contributed by atoms with Crippen molar-refractivity contribution in [3.63, 3.8) is 0 Å². The Morgan fingerprint density at radius 2 is 1.63 bits per heavy atom. The minimum absolute atomic E-state index is 0.371. The van der Waals surface area contributed by atoms with E-state index in [2.05, 4.69) is 119 Å². The van der Waals surface area contributed by atoms with Gasteiger partial charge in [-0.3, -0.25) is 0 Å². The molecular formula is C36H34N2. The molecule has 4 atom stereocenters. The highest BCUT2D eigenvalue weighted by atomic mass is 15.2. The van der Waals surface area contributed by atoms with E-state index in [0.29, 0.717) is 23.9 Å². The summed E-state index contributed by atoms with van der Waals surface area (Å²) in [4.78, 5) is 2.62. The van der Waals surface area contributed by atoms with Crippen LogP contribution in [0.2, 0.25) is 0 Å². The molecule has 2 aromatic rings. The zero-order valence-corrected chi connectivity index (χ0v) is 21.8. The molecule has 5 aliphatic carbocycles. The summed E-state index contributed by atoms with van der Waals surface area (Å²) in [6.45, 7) is 0. The van der Waals surface area contributed by atoms with Gasteiger partial charge in [-0.05, 0) is 67.9 Å². The van der Waals surface area contributed by atoms with Gasteiger partial charge in [0, 0.05) is 45.4 Å². The predicted molar refractivity (Wildman–Crippen MR) is 158 cm³/mol. The van der Waals surface area contributed by atoms with Crippen LogP contribution in [0.1, 0.15) is 49.4 Å². The van der Waals surface area contributed by atoms with Gasteiger partial charge < -0.3 is 9.47 Å². The van der Waals surface area contributed by atoms with Crippen molar-refractivity contribution in [1.82, 2.24) is 9.47 Å². The van der Waals surface area contributed by atoms with E-state index in [1.807, 2.05) is 0 Å². The van der Waals surface area contributed by atoms with E-state index in [-0.39, 0.29) is 0 Å². The molecule has 2 heteroatoms. The van der Waals surface area contributed by atoms with Gasteiger partial charge in [-0.15, -0.1) is 0 Å². The lowest BCUT2D eigenvalue weighted by Gasteiger charge is -2.34. The predicted octanol–water partition coefficient (Wildman–Crippen LogP) is 8.52. The summed E-state index contributed by atoms with van der Waals surface area (Å²) >= 11 is 0. The molecule has 0 bridgehead atoms. The molecule has 188 valence electrons. The summed E-state index contributed by atoms with van der Waals surface area (Å²) in [7, 11) is 0. The third kappa shape index (κ3) is 3.39. The lowest BCUT2D eigenvalue weighted by atomic mass is 9.86. The maximum absolute atomic E-state index is 2.65. The molecule has 0 fully saturated rings. The number of aromatic nitrogens is 1. The zero-order chi connectivity index (χ0) is 25.1. The summed E-state index contributed by atoms with van der Waals surface area (Å²) < 4.78 is 2.65. The lowest BCUT2D eigenvalue weighted by molar-refractivity contribution is 0.376. The highest BCUT2D eigenvalue weighted by molar-refractivity contribution is 5.92. The molecule has 0 N–H and O–H groups in total. The van der Waals surface area contributed by atoms with E-state index < -0.39 is 0 Å². The minimum atomic E-state index is 0.371. The molecule has 1 aromatic heterocycles. The van der Waals surface area contributed by atoms with Crippen LogP contribution < -0.4 is 0 Å². The molecule has 6 aliphatic rings. The van der Waals surface area contributed by atoms with Crippen LogP contribution in [0.25, 0.3) is 17.0 Å². The molecule has 2 nitrogen and oxygen atoms in total. The van der Waals surface area contributed by atoms with Crippen molar-refractivity contribution in [2.45, 2.75) is 50.6 Å². The molecule has 8 rings (SSSR count). The van der Waals surface area contributed by atoms with Gasteiger partial charge in [-0.1, -0.05) is 91.1 Å². The second-order valence-corrected chi connectivity index (χ2v) is 11.4. The van der Waals surface area contributed by atoms with Gasteiger partial charge in [0.15, 0.2) is 0 Å². The quantitative estimate of drug-likeness (QED) is 0.415. The molecule has 1 aromatic carbocycles. The van der Waals surface area contributed by atoms with Crippen LogP contribution in [0.5, 0.6) is 0 Å². The Balaban J connectivity index is 1.16.